The predicted molar refractivity (Wildman–Crippen MR) is 107 cm³/mol. The van der Waals surface area contributed by atoms with E-state index in [2.05, 4.69) is 21.5 Å². The van der Waals surface area contributed by atoms with E-state index in [0.717, 1.165) is 0 Å². The normalized spacial score (nSPS) is 9.85. The van der Waals surface area contributed by atoms with Crippen molar-refractivity contribution in [2.45, 2.75) is 13.3 Å². The molecule has 2 rings (SSSR count). The zero-order valence-electron chi connectivity index (χ0n) is 14.3. The molecule has 0 saturated heterocycles. The number of benzene rings is 2. The summed E-state index contributed by atoms with van der Waals surface area (Å²) >= 11 is 10.7. The first-order chi connectivity index (χ1) is 12.9. The molecule has 0 aromatic heterocycles. The van der Waals surface area contributed by atoms with Gasteiger partial charge in [0.05, 0.1) is 0 Å². The van der Waals surface area contributed by atoms with E-state index in [1.54, 1.807) is 55.5 Å². The Morgan fingerprint density at radius 2 is 1.44 bits per heavy atom. The molecule has 0 bridgehead atoms. The number of hydrazine groups is 1. The second-order valence-electron chi connectivity index (χ2n) is 5.35. The smallest absolute Gasteiger partial charge is 0.269 e. The Balaban J connectivity index is 1.83. The molecule has 0 fully saturated rings. The Morgan fingerprint density at radius 1 is 0.889 bits per heavy atom. The van der Waals surface area contributed by atoms with E-state index in [1.165, 1.54) is 0 Å². The van der Waals surface area contributed by atoms with Crippen LogP contribution in [0.3, 0.4) is 0 Å². The number of hydrogen-bond donors (Lipinski definition) is 4. The molecule has 4 N–H and O–H groups in total. The molecule has 27 heavy (non-hydrogen) atoms. The highest BCUT2D eigenvalue weighted by Crippen LogP contribution is 2.10. The molecule has 0 unspecified atom stereocenters. The first kappa shape index (κ1) is 20.3. The fraction of sp³-hybridized carbons (Fsp3) is 0.111. The highest BCUT2D eigenvalue weighted by Gasteiger charge is 2.10. The number of amides is 3. The van der Waals surface area contributed by atoms with Crippen LogP contribution in [0.25, 0.3) is 0 Å². The standard InChI is InChI=1S/C18H17ClN4O3S/c1-2-15(24)20-14-9-5-12(6-10-14)17(26)22-23-18(27)21-16(25)11-3-7-13(19)8-4-11/h3-10H,2H2,1H3,(H,20,24)(H,22,26)(H2,21,23,25,27). The van der Waals surface area contributed by atoms with Gasteiger partial charge in [0.25, 0.3) is 11.8 Å². The van der Waals surface area contributed by atoms with Crippen molar-refractivity contribution >= 4 is 52.3 Å². The molecule has 9 heteroatoms. The number of thiocarbonyl (C=S) groups is 1. The number of anilines is 1. The van der Waals surface area contributed by atoms with Gasteiger partial charge in [-0.25, -0.2) is 0 Å². The van der Waals surface area contributed by atoms with Crippen LogP contribution in [0.15, 0.2) is 48.5 Å². The van der Waals surface area contributed by atoms with Crippen LogP contribution in [0, 0.1) is 0 Å². The highest BCUT2D eigenvalue weighted by atomic mass is 35.5. The SMILES string of the molecule is CCC(=O)Nc1ccc(C(=O)NNC(=S)NC(=O)c2ccc(Cl)cc2)cc1. The molecule has 0 radical (unpaired) electrons. The van der Waals surface area contributed by atoms with Crippen LogP contribution in [0.4, 0.5) is 5.69 Å². The summed E-state index contributed by atoms with van der Waals surface area (Å²) in [5.74, 6) is -1.00. The van der Waals surface area contributed by atoms with E-state index in [0.29, 0.717) is 28.3 Å². The minimum absolute atomic E-state index is 0.0601. The Labute approximate surface area is 166 Å². The van der Waals surface area contributed by atoms with Gasteiger partial charge in [-0.1, -0.05) is 18.5 Å². The average Bonchev–Trinajstić information content (AvgIpc) is 2.67. The summed E-state index contributed by atoms with van der Waals surface area (Å²) < 4.78 is 0. The van der Waals surface area contributed by atoms with Gasteiger partial charge in [-0.15, -0.1) is 0 Å². The molecule has 0 spiro atoms. The van der Waals surface area contributed by atoms with E-state index in [1.807, 2.05) is 0 Å². The number of halogens is 1. The summed E-state index contributed by atoms with van der Waals surface area (Å²) in [6.45, 7) is 1.75. The van der Waals surface area contributed by atoms with Crippen molar-refractivity contribution in [3.63, 3.8) is 0 Å². The van der Waals surface area contributed by atoms with Crippen LogP contribution in [-0.2, 0) is 4.79 Å². The second-order valence-corrected chi connectivity index (χ2v) is 6.19. The van der Waals surface area contributed by atoms with Gasteiger partial charge in [0.1, 0.15) is 0 Å². The van der Waals surface area contributed by atoms with Gasteiger partial charge in [-0.05, 0) is 60.7 Å². The summed E-state index contributed by atoms with van der Waals surface area (Å²) in [7, 11) is 0. The average molecular weight is 405 g/mol. The molecule has 140 valence electrons. The molecule has 2 aromatic carbocycles. The van der Waals surface area contributed by atoms with Crippen molar-refractivity contribution in [1.29, 1.82) is 0 Å². The third kappa shape index (κ3) is 6.36. The maximum absolute atomic E-state index is 12.1. The van der Waals surface area contributed by atoms with Crippen molar-refractivity contribution in [2.75, 3.05) is 5.32 Å². The molecule has 0 aliphatic rings. The van der Waals surface area contributed by atoms with Crippen LogP contribution in [-0.4, -0.2) is 22.8 Å². The predicted octanol–water partition coefficient (Wildman–Crippen LogP) is 2.64. The third-order valence-corrected chi connectivity index (χ3v) is 3.83. The number of hydrogen-bond acceptors (Lipinski definition) is 4. The van der Waals surface area contributed by atoms with E-state index >= 15 is 0 Å². The summed E-state index contributed by atoms with van der Waals surface area (Å²) in [4.78, 5) is 35.4. The fourth-order valence-electron chi connectivity index (χ4n) is 1.95. The molecule has 0 atom stereocenters. The summed E-state index contributed by atoms with van der Waals surface area (Å²) in [6, 6.07) is 12.6. The van der Waals surface area contributed by atoms with Gasteiger partial charge in [0.15, 0.2) is 5.11 Å². The zero-order valence-corrected chi connectivity index (χ0v) is 15.9. The van der Waals surface area contributed by atoms with Gasteiger partial charge in [-0.3, -0.25) is 30.6 Å². The second kappa shape index (κ2) is 9.65. The first-order valence-electron chi connectivity index (χ1n) is 7.96. The van der Waals surface area contributed by atoms with Gasteiger partial charge in [-0.2, -0.15) is 0 Å². The molecule has 2 aromatic rings. The zero-order chi connectivity index (χ0) is 19.8. The quantitative estimate of drug-likeness (QED) is 0.463. The maximum Gasteiger partial charge on any atom is 0.269 e. The van der Waals surface area contributed by atoms with E-state index in [4.69, 9.17) is 23.8 Å². The van der Waals surface area contributed by atoms with Crippen LogP contribution in [0.5, 0.6) is 0 Å². The van der Waals surface area contributed by atoms with Crippen LogP contribution in [0.1, 0.15) is 34.1 Å². The Bertz CT molecular complexity index is 854. The van der Waals surface area contributed by atoms with Gasteiger partial charge >= 0.3 is 0 Å². The highest BCUT2D eigenvalue weighted by molar-refractivity contribution is 7.80. The summed E-state index contributed by atoms with van der Waals surface area (Å²) in [6.07, 6.45) is 0.366. The number of nitrogens with one attached hydrogen (secondary N) is 4. The van der Waals surface area contributed by atoms with Gasteiger partial charge < -0.3 is 5.32 Å². The summed E-state index contributed by atoms with van der Waals surface area (Å²) in [5, 5.41) is 5.58. The topological polar surface area (TPSA) is 99.3 Å². The van der Waals surface area contributed by atoms with Crippen LogP contribution in [0.2, 0.25) is 5.02 Å². The fourth-order valence-corrected chi connectivity index (χ4v) is 2.22. The third-order valence-electron chi connectivity index (χ3n) is 3.37. The number of carbonyl (C=O) groups is 3. The lowest BCUT2D eigenvalue weighted by Gasteiger charge is -2.11. The minimum Gasteiger partial charge on any atom is -0.326 e. The Morgan fingerprint density at radius 3 is 2.04 bits per heavy atom. The minimum atomic E-state index is -0.452. The Kier molecular flexibility index (Phi) is 7.27. The molecule has 0 aliphatic heterocycles. The lowest BCUT2D eigenvalue weighted by Crippen LogP contribution is -2.48. The molecule has 0 heterocycles. The van der Waals surface area contributed by atoms with Crippen molar-refractivity contribution in [2.24, 2.45) is 0 Å². The maximum atomic E-state index is 12.1. The van der Waals surface area contributed by atoms with E-state index in [9.17, 15) is 14.4 Å². The van der Waals surface area contributed by atoms with Crippen LogP contribution >= 0.6 is 23.8 Å². The Hall–Kier alpha value is -2.97. The molecule has 7 nitrogen and oxygen atoms in total. The lowest BCUT2D eigenvalue weighted by molar-refractivity contribution is -0.115. The van der Waals surface area contributed by atoms with Gasteiger partial charge in [0.2, 0.25) is 5.91 Å². The van der Waals surface area contributed by atoms with E-state index < -0.39 is 11.8 Å². The molecular weight excluding hydrogens is 388 g/mol. The van der Waals surface area contributed by atoms with Gasteiger partial charge in [0, 0.05) is 28.3 Å². The van der Waals surface area contributed by atoms with Crippen molar-refractivity contribution in [1.82, 2.24) is 16.2 Å². The molecule has 3 amide bonds. The molecule has 0 aliphatic carbocycles. The first-order valence-corrected chi connectivity index (χ1v) is 8.75. The van der Waals surface area contributed by atoms with E-state index in [-0.39, 0.29) is 11.0 Å². The number of carbonyl (C=O) groups excluding carboxylic acids is 3. The number of rotatable bonds is 4. The molecular formula is C18H17ClN4O3S. The lowest BCUT2D eigenvalue weighted by atomic mass is 10.2. The van der Waals surface area contributed by atoms with Crippen molar-refractivity contribution in [3.8, 4) is 0 Å². The van der Waals surface area contributed by atoms with Crippen LogP contribution < -0.4 is 21.5 Å². The monoisotopic (exact) mass is 404 g/mol. The largest absolute Gasteiger partial charge is 0.326 e. The molecule has 0 saturated carbocycles. The summed E-state index contributed by atoms with van der Waals surface area (Å²) in [5.41, 5.74) is 6.16. The van der Waals surface area contributed by atoms with Crippen molar-refractivity contribution < 1.29 is 14.4 Å². The van der Waals surface area contributed by atoms with Crippen molar-refractivity contribution in [3.05, 3.63) is 64.7 Å².